The van der Waals surface area contributed by atoms with Gasteiger partial charge in [0.15, 0.2) is 12.7 Å². The van der Waals surface area contributed by atoms with Crippen molar-refractivity contribution in [1.29, 1.82) is 5.26 Å². The number of rotatable bonds is 7. The van der Waals surface area contributed by atoms with Crippen molar-refractivity contribution < 1.29 is 28.6 Å². The standard InChI is InChI=1S/C19H23N3O6/c1-14(28-16-5-3-15(11-20)4-6-16)19(25)27-13-18(24)21(2)12-17(23)22-7-9-26-10-8-22/h3-6,14H,7-10,12-13H2,1-2H3/t14-/m0/s1. The van der Waals surface area contributed by atoms with Gasteiger partial charge in [0.05, 0.1) is 31.4 Å². The van der Waals surface area contributed by atoms with E-state index in [1.807, 2.05) is 6.07 Å². The van der Waals surface area contributed by atoms with Gasteiger partial charge in [0.2, 0.25) is 5.91 Å². The first kappa shape index (κ1) is 21.2. The Labute approximate surface area is 163 Å². The molecular formula is C19H23N3O6. The second kappa shape index (κ2) is 10.3. The van der Waals surface area contributed by atoms with E-state index in [0.29, 0.717) is 37.6 Å². The molecule has 0 bridgehead atoms. The molecule has 1 saturated heterocycles. The van der Waals surface area contributed by atoms with E-state index in [1.165, 1.54) is 18.9 Å². The average molecular weight is 389 g/mol. The maximum absolute atomic E-state index is 12.1. The summed E-state index contributed by atoms with van der Waals surface area (Å²) in [6, 6.07) is 8.25. The molecular weight excluding hydrogens is 366 g/mol. The van der Waals surface area contributed by atoms with Crippen LogP contribution in [0.4, 0.5) is 0 Å². The van der Waals surface area contributed by atoms with Crippen LogP contribution >= 0.6 is 0 Å². The number of esters is 1. The van der Waals surface area contributed by atoms with Crippen molar-refractivity contribution in [3.05, 3.63) is 29.8 Å². The first-order valence-electron chi connectivity index (χ1n) is 8.83. The third-order valence-electron chi connectivity index (χ3n) is 4.13. The Hall–Kier alpha value is -3.12. The van der Waals surface area contributed by atoms with E-state index in [9.17, 15) is 14.4 Å². The number of carbonyl (C=O) groups excluding carboxylic acids is 3. The molecule has 0 aromatic heterocycles. The molecule has 1 aliphatic rings. The zero-order valence-corrected chi connectivity index (χ0v) is 15.9. The molecule has 150 valence electrons. The van der Waals surface area contributed by atoms with E-state index in [1.54, 1.807) is 29.2 Å². The smallest absolute Gasteiger partial charge is 0.347 e. The fourth-order valence-electron chi connectivity index (χ4n) is 2.42. The van der Waals surface area contributed by atoms with Crippen molar-refractivity contribution in [3.63, 3.8) is 0 Å². The molecule has 0 N–H and O–H groups in total. The van der Waals surface area contributed by atoms with Crippen molar-refractivity contribution in [3.8, 4) is 11.8 Å². The molecule has 0 spiro atoms. The van der Waals surface area contributed by atoms with Gasteiger partial charge >= 0.3 is 5.97 Å². The molecule has 0 saturated carbocycles. The average Bonchev–Trinajstić information content (AvgIpc) is 2.72. The van der Waals surface area contributed by atoms with Crippen molar-refractivity contribution in [1.82, 2.24) is 9.80 Å². The van der Waals surface area contributed by atoms with Gasteiger partial charge in [0.25, 0.3) is 5.91 Å². The molecule has 9 nitrogen and oxygen atoms in total. The molecule has 2 rings (SSSR count). The summed E-state index contributed by atoms with van der Waals surface area (Å²) in [6.45, 7) is 2.90. The van der Waals surface area contributed by atoms with Crippen LogP contribution in [0, 0.1) is 11.3 Å². The molecule has 28 heavy (non-hydrogen) atoms. The number of ether oxygens (including phenoxy) is 3. The van der Waals surface area contributed by atoms with Gasteiger partial charge in [-0.2, -0.15) is 5.26 Å². The number of likely N-dealkylation sites (N-methyl/N-ethyl adjacent to an activating group) is 1. The molecule has 1 aromatic carbocycles. The Morgan fingerprint density at radius 1 is 1.25 bits per heavy atom. The first-order valence-corrected chi connectivity index (χ1v) is 8.83. The van der Waals surface area contributed by atoms with Crippen LogP contribution in [0.3, 0.4) is 0 Å². The molecule has 0 radical (unpaired) electrons. The second-order valence-electron chi connectivity index (χ2n) is 6.25. The third kappa shape index (κ3) is 6.25. The topological polar surface area (TPSA) is 109 Å². The lowest BCUT2D eigenvalue weighted by atomic mass is 10.2. The Bertz CT molecular complexity index is 737. The van der Waals surface area contributed by atoms with Crippen LogP contribution < -0.4 is 4.74 Å². The van der Waals surface area contributed by atoms with Crippen molar-refractivity contribution in [2.75, 3.05) is 46.5 Å². The predicted molar refractivity (Wildman–Crippen MR) is 97.2 cm³/mol. The van der Waals surface area contributed by atoms with Crippen LogP contribution in [0.1, 0.15) is 12.5 Å². The van der Waals surface area contributed by atoms with Gasteiger partial charge in [-0.15, -0.1) is 0 Å². The number of nitriles is 1. The first-order chi connectivity index (χ1) is 13.4. The zero-order valence-electron chi connectivity index (χ0n) is 15.9. The largest absolute Gasteiger partial charge is 0.479 e. The van der Waals surface area contributed by atoms with E-state index in [0.717, 1.165) is 0 Å². The highest BCUT2D eigenvalue weighted by Gasteiger charge is 2.22. The second-order valence-corrected chi connectivity index (χ2v) is 6.25. The summed E-state index contributed by atoms with van der Waals surface area (Å²) in [5, 5.41) is 8.76. The normalized spacial score (nSPS) is 14.5. The highest BCUT2D eigenvalue weighted by molar-refractivity contribution is 5.86. The monoisotopic (exact) mass is 389 g/mol. The Morgan fingerprint density at radius 2 is 1.89 bits per heavy atom. The van der Waals surface area contributed by atoms with Gasteiger partial charge in [-0.05, 0) is 31.2 Å². The number of amides is 2. The lowest BCUT2D eigenvalue weighted by molar-refractivity contribution is -0.157. The van der Waals surface area contributed by atoms with Crippen LogP contribution in [0.25, 0.3) is 0 Å². The van der Waals surface area contributed by atoms with E-state index in [-0.39, 0.29) is 12.5 Å². The third-order valence-corrected chi connectivity index (χ3v) is 4.13. The highest BCUT2D eigenvalue weighted by Crippen LogP contribution is 2.14. The fourth-order valence-corrected chi connectivity index (χ4v) is 2.42. The molecule has 1 fully saturated rings. The maximum Gasteiger partial charge on any atom is 0.347 e. The van der Waals surface area contributed by atoms with Gasteiger partial charge in [0, 0.05) is 20.1 Å². The quantitative estimate of drug-likeness (QED) is 0.612. The summed E-state index contributed by atoms with van der Waals surface area (Å²) in [4.78, 5) is 39.1. The highest BCUT2D eigenvalue weighted by atomic mass is 16.6. The summed E-state index contributed by atoms with van der Waals surface area (Å²) in [5.41, 5.74) is 0.475. The van der Waals surface area contributed by atoms with Gasteiger partial charge in [0.1, 0.15) is 5.75 Å². The number of benzene rings is 1. The molecule has 0 unspecified atom stereocenters. The molecule has 0 aliphatic carbocycles. The van der Waals surface area contributed by atoms with Crippen LogP contribution in [0.2, 0.25) is 0 Å². The van der Waals surface area contributed by atoms with Crippen LogP contribution in [-0.2, 0) is 23.9 Å². The van der Waals surface area contributed by atoms with E-state index < -0.39 is 24.6 Å². The number of hydrogen-bond acceptors (Lipinski definition) is 7. The van der Waals surface area contributed by atoms with Gasteiger partial charge in [-0.3, -0.25) is 9.59 Å². The predicted octanol–water partition coefficient (Wildman–Crippen LogP) is 0.186. The summed E-state index contributed by atoms with van der Waals surface area (Å²) in [6.07, 6.45) is -0.930. The molecule has 1 aliphatic heterocycles. The minimum atomic E-state index is -0.930. The molecule has 9 heteroatoms. The minimum Gasteiger partial charge on any atom is -0.479 e. The van der Waals surface area contributed by atoms with Crippen molar-refractivity contribution in [2.24, 2.45) is 0 Å². The summed E-state index contributed by atoms with van der Waals surface area (Å²) < 4.78 is 15.6. The molecule has 2 amide bonds. The Morgan fingerprint density at radius 3 is 2.50 bits per heavy atom. The van der Waals surface area contributed by atoms with Gasteiger partial charge < -0.3 is 24.0 Å². The molecule has 1 aromatic rings. The SMILES string of the molecule is C[C@H](Oc1ccc(C#N)cc1)C(=O)OCC(=O)N(C)CC(=O)N1CCOCC1. The van der Waals surface area contributed by atoms with E-state index in [4.69, 9.17) is 19.5 Å². The Balaban J connectivity index is 1.74. The summed E-state index contributed by atoms with van der Waals surface area (Å²) in [5.74, 6) is -0.961. The van der Waals surface area contributed by atoms with E-state index in [2.05, 4.69) is 0 Å². The molecule has 1 atom stereocenters. The number of morpholine rings is 1. The van der Waals surface area contributed by atoms with E-state index >= 15 is 0 Å². The van der Waals surface area contributed by atoms with Crippen LogP contribution in [0.15, 0.2) is 24.3 Å². The van der Waals surface area contributed by atoms with Crippen LogP contribution in [-0.4, -0.2) is 80.2 Å². The summed E-state index contributed by atoms with van der Waals surface area (Å²) in [7, 11) is 1.48. The lowest BCUT2D eigenvalue weighted by Gasteiger charge is -2.28. The lowest BCUT2D eigenvalue weighted by Crippen LogP contribution is -2.46. The van der Waals surface area contributed by atoms with Crippen molar-refractivity contribution in [2.45, 2.75) is 13.0 Å². The number of hydrogen-bond donors (Lipinski definition) is 0. The zero-order chi connectivity index (χ0) is 20.5. The van der Waals surface area contributed by atoms with Gasteiger partial charge in [-0.25, -0.2) is 4.79 Å². The fraction of sp³-hybridized carbons (Fsp3) is 0.474. The number of nitrogens with zero attached hydrogens (tertiary/aromatic N) is 3. The summed E-state index contributed by atoms with van der Waals surface area (Å²) >= 11 is 0. The van der Waals surface area contributed by atoms with Crippen molar-refractivity contribution >= 4 is 17.8 Å². The number of carbonyl (C=O) groups is 3. The van der Waals surface area contributed by atoms with Crippen LogP contribution in [0.5, 0.6) is 5.75 Å². The van der Waals surface area contributed by atoms with Gasteiger partial charge in [-0.1, -0.05) is 0 Å². The maximum atomic E-state index is 12.1. The minimum absolute atomic E-state index is 0.0896. The Kier molecular flexibility index (Phi) is 7.77. The molecule has 1 heterocycles.